The number of hydrogen-bond acceptors (Lipinski definition) is 3. The van der Waals surface area contributed by atoms with Crippen molar-refractivity contribution in [1.82, 2.24) is 0 Å². The Morgan fingerprint density at radius 3 is 1.82 bits per heavy atom. The molecule has 3 aromatic rings. The number of carbonyl (C=O) groups excluding carboxylic acids is 2. The molecule has 0 N–H and O–H groups in total. The molecule has 3 rings (SSSR count). The van der Waals surface area contributed by atoms with Gasteiger partial charge in [-0.1, -0.05) is 48.5 Å². The Morgan fingerprint density at radius 1 is 0.864 bits per heavy atom. The zero-order chi connectivity index (χ0) is 15.5. The van der Waals surface area contributed by atoms with Crippen LogP contribution in [0.15, 0.2) is 60.0 Å². The Bertz CT molecular complexity index is 811. The van der Waals surface area contributed by atoms with Gasteiger partial charge in [0, 0.05) is 5.56 Å². The van der Waals surface area contributed by atoms with E-state index in [1.54, 1.807) is 6.92 Å². The van der Waals surface area contributed by atoms with Crippen molar-refractivity contribution in [2.24, 2.45) is 0 Å². The van der Waals surface area contributed by atoms with E-state index in [0.717, 1.165) is 39.0 Å². The summed E-state index contributed by atoms with van der Waals surface area (Å²) in [6.07, 6.45) is 0.874. The molecule has 0 radical (unpaired) electrons. The van der Waals surface area contributed by atoms with Crippen LogP contribution in [0.25, 0.3) is 22.3 Å². The van der Waals surface area contributed by atoms with Crippen LogP contribution in [0, 0.1) is 0 Å². The van der Waals surface area contributed by atoms with Crippen LogP contribution in [0.3, 0.4) is 0 Å². The highest BCUT2D eigenvalue weighted by atomic mass is 32.1. The van der Waals surface area contributed by atoms with Crippen LogP contribution < -0.4 is 0 Å². The van der Waals surface area contributed by atoms with Crippen LogP contribution in [0.2, 0.25) is 0 Å². The third-order valence-corrected chi connectivity index (χ3v) is 4.44. The van der Waals surface area contributed by atoms with Crippen LogP contribution >= 0.6 is 11.3 Å². The third-order valence-electron chi connectivity index (χ3n) is 3.58. The molecule has 1 aromatic heterocycles. The third kappa shape index (κ3) is 2.90. The second-order valence-corrected chi connectivity index (χ2v) is 6.01. The van der Waals surface area contributed by atoms with Gasteiger partial charge in [-0.05, 0) is 40.6 Å². The maximum absolute atomic E-state index is 11.3. The predicted molar refractivity (Wildman–Crippen MR) is 90.6 cm³/mol. The van der Waals surface area contributed by atoms with Crippen molar-refractivity contribution in [2.75, 3.05) is 0 Å². The molecule has 0 bridgehead atoms. The van der Waals surface area contributed by atoms with Gasteiger partial charge in [0.1, 0.15) is 0 Å². The van der Waals surface area contributed by atoms with Gasteiger partial charge in [0.2, 0.25) is 0 Å². The molecule has 0 aliphatic carbocycles. The smallest absolute Gasteiger partial charge is 0.160 e. The molecule has 22 heavy (non-hydrogen) atoms. The minimum absolute atomic E-state index is 0.0744. The average molecular weight is 306 g/mol. The summed E-state index contributed by atoms with van der Waals surface area (Å²) in [5, 5.41) is 1.99. The topological polar surface area (TPSA) is 34.1 Å². The summed E-state index contributed by atoms with van der Waals surface area (Å²) in [6, 6.07) is 17.7. The van der Waals surface area contributed by atoms with Gasteiger partial charge in [-0.15, -0.1) is 11.3 Å². The van der Waals surface area contributed by atoms with Crippen molar-refractivity contribution < 1.29 is 9.59 Å². The summed E-state index contributed by atoms with van der Waals surface area (Å²) >= 11 is 1.45. The van der Waals surface area contributed by atoms with Gasteiger partial charge in [0.05, 0.1) is 4.88 Å². The van der Waals surface area contributed by atoms with Crippen molar-refractivity contribution in [3.05, 3.63) is 70.4 Å². The Hall–Kier alpha value is -2.52. The van der Waals surface area contributed by atoms with Crippen molar-refractivity contribution in [3.8, 4) is 22.3 Å². The molecule has 0 aliphatic rings. The summed E-state index contributed by atoms with van der Waals surface area (Å²) in [4.78, 5) is 22.8. The molecular weight excluding hydrogens is 292 g/mol. The van der Waals surface area contributed by atoms with E-state index in [9.17, 15) is 9.59 Å². The highest BCUT2D eigenvalue weighted by Gasteiger charge is 2.04. The molecule has 0 unspecified atom stereocenters. The van der Waals surface area contributed by atoms with Crippen molar-refractivity contribution in [3.63, 3.8) is 0 Å². The summed E-state index contributed by atoms with van der Waals surface area (Å²) in [5.41, 5.74) is 5.05. The van der Waals surface area contributed by atoms with Crippen molar-refractivity contribution in [2.45, 2.75) is 6.92 Å². The molecule has 108 valence electrons. The van der Waals surface area contributed by atoms with E-state index < -0.39 is 0 Å². The summed E-state index contributed by atoms with van der Waals surface area (Å²) in [7, 11) is 0. The number of ketones is 1. The predicted octanol–water partition coefficient (Wildman–Crippen LogP) is 5.10. The molecule has 2 aromatic carbocycles. The monoisotopic (exact) mass is 306 g/mol. The number of thiophene rings is 1. The van der Waals surface area contributed by atoms with E-state index in [-0.39, 0.29) is 5.78 Å². The maximum Gasteiger partial charge on any atom is 0.160 e. The lowest BCUT2D eigenvalue weighted by Crippen LogP contribution is -1.90. The van der Waals surface area contributed by atoms with Crippen molar-refractivity contribution >= 4 is 23.4 Å². The minimum Gasteiger partial charge on any atom is -0.297 e. The second kappa shape index (κ2) is 6.08. The summed E-state index contributed by atoms with van der Waals surface area (Å²) in [6.45, 7) is 1.57. The van der Waals surface area contributed by atoms with Gasteiger partial charge in [-0.3, -0.25) is 9.59 Å². The Balaban J connectivity index is 1.87. The lowest BCUT2D eigenvalue weighted by Gasteiger charge is -2.04. The zero-order valence-electron chi connectivity index (χ0n) is 12.1. The quantitative estimate of drug-likeness (QED) is 0.496. The Morgan fingerprint density at radius 2 is 1.36 bits per heavy atom. The van der Waals surface area contributed by atoms with Crippen LogP contribution in [0.1, 0.15) is 27.0 Å². The largest absolute Gasteiger partial charge is 0.297 e. The molecule has 3 heteroatoms. The summed E-state index contributed by atoms with van der Waals surface area (Å²) < 4.78 is 0. The average Bonchev–Trinajstić information content (AvgIpc) is 3.04. The lowest BCUT2D eigenvalue weighted by atomic mass is 10.00. The van der Waals surface area contributed by atoms with Gasteiger partial charge in [0.15, 0.2) is 12.1 Å². The molecule has 0 saturated carbocycles. The number of aldehydes is 1. The standard InChI is InChI=1S/C19H14O2S/c1-13(21)14-2-4-15(5-3-14)16-6-8-17(9-7-16)18-10-19(11-20)22-12-18/h2-12H,1H3. The first-order chi connectivity index (χ1) is 10.7. The highest BCUT2D eigenvalue weighted by Crippen LogP contribution is 2.28. The van der Waals surface area contributed by atoms with Crippen LogP contribution in [0.4, 0.5) is 0 Å². The van der Waals surface area contributed by atoms with E-state index >= 15 is 0 Å². The van der Waals surface area contributed by atoms with Crippen molar-refractivity contribution in [1.29, 1.82) is 0 Å². The molecule has 0 spiro atoms. The van der Waals surface area contributed by atoms with Gasteiger partial charge in [0.25, 0.3) is 0 Å². The minimum atomic E-state index is 0.0744. The van der Waals surface area contributed by atoms with Crippen LogP contribution in [0.5, 0.6) is 0 Å². The highest BCUT2D eigenvalue weighted by molar-refractivity contribution is 7.12. The molecule has 0 fully saturated rings. The molecule has 0 saturated heterocycles. The van der Waals surface area contributed by atoms with Crippen LogP contribution in [-0.2, 0) is 0 Å². The first-order valence-corrected chi connectivity index (χ1v) is 7.81. The molecule has 1 heterocycles. The maximum atomic E-state index is 11.3. The fraction of sp³-hybridized carbons (Fsp3) is 0.0526. The molecule has 0 aliphatic heterocycles. The van der Waals surface area contributed by atoms with E-state index in [0.29, 0.717) is 0 Å². The Kier molecular flexibility index (Phi) is 3.98. The second-order valence-electron chi connectivity index (χ2n) is 5.07. The van der Waals surface area contributed by atoms with E-state index in [1.165, 1.54) is 11.3 Å². The first kappa shape index (κ1) is 14.4. The van der Waals surface area contributed by atoms with Gasteiger partial charge in [-0.25, -0.2) is 0 Å². The van der Waals surface area contributed by atoms with E-state index in [1.807, 2.05) is 47.8 Å². The van der Waals surface area contributed by atoms with E-state index in [2.05, 4.69) is 12.1 Å². The van der Waals surface area contributed by atoms with Gasteiger partial charge in [-0.2, -0.15) is 0 Å². The lowest BCUT2D eigenvalue weighted by molar-refractivity contribution is 0.101. The SMILES string of the molecule is CC(=O)c1ccc(-c2ccc(-c3csc(C=O)c3)cc2)cc1. The fourth-order valence-corrected chi connectivity index (χ4v) is 3.04. The molecule has 2 nitrogen and oxygen atoms in total. The Labute approximate surface area is 133 Å². The number of hydrogen-bond donors (Lipinski definition) is 0. The first-order valence-electron chi connectivity index (χ1n) is 6.93. The zero-order valence-corrected chi connectivity index (χ0v) is 12.9. The van der Waals surface area contributed by atoms with Crippen LogP contribution in [-0.4, -0.2) is 12.1 Å². The van der Waals surface area contributed by atoms with Gasteiger partial charge < -0.3 is 0 Å². The number of rotatable bonds is 4. The normalized spacial score (nSPS) is 10.4. The number of benzene rings is 2. The van der Waals surface area contributed by atoms with Gasteiger partial charge >= 0.3 is 0 Å². The number of carbonyl (C=O) groups is 2. The summed E-state index contributed by atoms with van der Waals surface area (Å²) in [5.74, 6) is 0.0744. The molecular formula is C19H14O2S. The molecule has 0 amide bonds. The number of Topliss-reactive ketones (excluding diaryl/α,β-unsaturated/α-hetero) is 1. The fourth-order valence-electron chi connectivity index (χ4n) is 2.32. The molecule has 0 atom stereocenters. The van der Waals surface area contributed by atoms with E-state index in [4.69, 9.17) is 0 Å².